The molecule has 0 radical (unpaired) electrons. The molecule has 24 heavy (non-hydrogen) atoms. The number of rotatable bonds is 5. The van der Waals surface area contributed by atoms with Gasteiger partial charge in [-0.05, 0) is 36.4 Å². The van der Waals surface area contributed by atoms with Crippen LogP contribution in [0, 0.1) is 0 Å². The largest absolute Gasteiger partial charge is 0.404 e. The number of carbonyl (C=O) groups excluding carboxylic acids is 1. The van der Waals surface area contributed by atoms with E-state index in [0.29, 0.717) is 23.7 Å². The van der Waals surface area contributed by atoms with Gasteiger partial charge < -0.3 is 9.47 Å². The second-order valence-electron chi connectivity index (χ2n) is 5.05. The van der Waals surface area contributed by atoms with Crippen molar-refractivity contribution in [2.45, 2.75) is 6.61 Å². The number of aromatic nitrogens is 2. The van der Waals surface area contributed by atoms with Crippen LogP contribution in [0.3, 0.4) is 0 Å². The third-order valence-corrected chi connectivity index (χ3v) is 3.83. The number of benzene rings is 2. The number of hydrogen-bond acceptors (Lipinski definition) is 4. The van der Waals surface area contributed by atoms with Crippen molar-refractivity contribution in [2.24, 2.45) is 0 Å². The van der Waals surface area contributed by atoms with Crippen LogP contribution in [0.1, 0.15) is 16.1 Å². The molecule has 6 heteroatoms. The smallest absolute Gasteiger partial charge is 0.344 e. The normalized spacial score (nSPS) is 10.6. The fourth-order valence-electron chi connectivity index (χ4n) is 2.20. The summed E-state index contributed by atoms with van der Waals surface area (Å²) in [6, 6.07) is 18.2. The molecule has 0 N–H and O–H groups in total. The Morgan fingerprint density at radius 2 is 1.83 bits per heavy atom. The minimum atomic E-state index is -0.441. The topological polar surface area (TPSA) is 53.4 Å². The summed E-state index contributed by atoms with van der Waals surface area (Å²) in [4.78, 5) is 12.4. The Kier molecular flexibility index (Phi) is 5.08. The first-order valence-electron chi connectivity index (χ1n) is 7.28. The summed E-state index contributed by atoms with van der Waals surface area (Å²) in [5, 5.41) is 4.44. The molecular weight excluding hydrogens is 372 g/mol. The van der Waals surface area contributed by atoms with E-state index in [-0.39, 0.29) is 0 Å². The van der Waals surface area contributed by atoms with E-state index in [1.165, 1.54) is 0 Å². The van der Waals surface area contributed by atoms with Crippen molar-refractivity contribution in [3.8, 4) is 11.6 Å². The number of hydrogen-bond donors (Lipinski definition) is 0. The van der Waals surface area contributed by atoms with Crippen molar-refractivity contribution in [3.05, 3.63) is 76.4 Å². The van der Waals surface area contributed by atoms with Gasteiger partial charge in [0, 0.05) is 17.6 Å². The highest BCUT2D eigenvalue weighted by molar-refractivity contribution is 9.10. The molecule has 0 aliphatic carbocycles. The molecule has 0 fully saturated rings. The first kappa shape index (κ1) is 16.4. The standard InChI is InChI=1S/C18H15BrN2O3/c1-23-12-15-11-17(21(20-15)16-5-3-2-4-6-16)24-18(22)13-7-9-14(19)10-8-13/h2-11H,12H2,1H3. The quantitative estimate of drug-likeness (QED) is 0.621. The summed E-state index contributed by atoms with van der Waals surface area (Å²) in [5.41, 5.74) is 1.95. The first-order valence-corrected chi connectivity index (χ1v) is 8.08. The maximum atomic E-state index is 12.4. The molecule has 0 atom stereocenters. The lowest BCUT2D eigenvalue weighted by Crippen LogP contribution is -2.11. The van der Waals surface area contributed by atoms with Gasteiger partial charge in [0.15, 0.2) is 0 Å². The third-order valence-electron chi connectivity index (χ3n) is 3.30. The minimum absolute atomic E-state index is 0.336. The van der Waals surface area contributed by atoms with Crippen molar-refractivity contribution >= 4 is 21.9 Å². The van der Waals surface area contributed by atoms with Gasteiger partial charge in [-0.25, -0.2) is 9.48 Å². The molecule has 0 aliphatic heterocycles. The van der Waals surface area contributed by atoms with Gasteiger partial charge in [0.2, 0.25) is 5.88 Å². The number of esters is 1. The SMILES string of the molecule is COCc1cc(OC(=O)c2ccc(Br)cc2)n(-c2ccccc2)n1. The van der Waals surface area contributed by atoms with E-state index >= 15 is 0 Å². The zero-order valence-electron chi connectivity index (χ0n) is 13.0. The van der Waals surface area contributed by atoms with E-state index < -0.39 is 5.97 Å². The average molecular weight is 387 g/mol. The molecule has 1 aromatic heterocycles. The van der Waals surface area contributed by atoms with Crippen LogP contribution >= 0.6 is 15.9 Å². The van der Waals surface area contributed by atoms with Gasteiger partial charge in [0.1, 0.15) is 0 Å². The Hall–Kier alpha value is -2.44. The number of methoxy groups -OCH3 is 1. The lowest BCUT2D eigenvalue weighted by molar-refractivity contribution is 0.0723. The van der Waals surface area contributed by atoms with Gasteiger partial charge in [-0.15, -0.1) is 0 Å². The molecule has 0 bridgehead atoms. The van der Waals surface area contributed by atoms with Crippen molar-refractivity contribution < 1.29 is 14.3 Å². The predicted molar refractivity (Wildman–Crippen MR) is 93.4 cm³/mol. The van der Waals surface area contributed by atoms with Crippen LogP contribution in [0.4, 0.5) is 0 Å². The van der Waals surface area contributed by atoms with Crippen molar-refractivity contribution in [1.82, 2.24) is 9.78 Å². The molecule has 0 aliphatic rings. The zero-order chi connectivity index (χ0) is 16.9. The van der Waals surface area contributed by atoms with Gasteiger partial charge >= 0.3 is 5.97 Å². The highest BCUT2D eigenvalue weighted by Gasteiger charge is 2.16. The minimum Gasteiger partial charge on any atom is -0.404 e. The summed E-state index contributed by atoms with van der Waals surface area (Å²) < 4.78 is 13.1. The van der Waals surface area contributed by atoms with E-state index in [0.717, 1.165) is 10.2 Å². The molecule has 0 saturated heterocycles. The average Bonchev–Trinajstić information content (AvgIpc) is 2.99. The van der Waals surface area contributed by atoms with Gasteiger partial charge in [-0.2, -0.15) is 5.10 Å². The summed E-state index contributed by atoms with van der Waals surface area (Å²) >= 11 is 3.34. The second kappa shape index (κ2) is 7.42. The zero-order valence-corrected chi connectivity index (χ0v) is 14.6. The number of ether oxygens (including phenoxy) is 2. The van der Waals surface area contributed by atoms with Crippen LogP contribution in [-0.2, 0) is 11.3 Å². The molecule has 2 aromatic carbocycles. The molecule has 0 saturated carbocycles. The van der Waals surface area contributed by atoms with Crippen LogP contribution < -0.4 is 4.74 Å². The molecule has 0 unspecified atom stereocenters. The molecule has 0 amide bonds. The Balaban J connectivity index is 1.91. The fourth-order valence-corrected chi connectivity index (χ4v) is 2.46. The summed E-state index contributed by atoms with van der Waals surface area (Å²) in [7, 11) is 1.59. The van der Waals surface area contributed by atoms with Crippen molar-refractivity contribution in [3.63, 3.8) is 0 Å². The number of nitrogens with zero attached hydrogens (tertiary/aromatic N) is 2. The highest BCUT2D eigenvalue weighted by Crippen LogP contribution is 2.21. The monoisotopic (exact) mass is 386 g/mol. The maximum Gasteiger partial charge on any atom is 0.344 e. The molecule has 122 valence electrons. The van der Waals surface area contributed by atoms with Crippen LogP contribution in [-0.4, -0.2) is 22.9 Å². The van der Waals surface area contributed by atoms with E-state index in [1.807, 2.05) is 30.3 Å². The van der Waals surface area contributed by atoms with E-state index in [4.69, 9.17) is 9.47 Å². The van der Waals surface area contributed by atoms with Gasteiger partial charge in [0.25, 0.3) is 0 Å². The predicted octanol–water partition coefficient (Wildman–Crippen LogP) is 4.00. The van der Waals surface area contributed by atoms with Crippen LogP contribution in [0.5, 0.6) is 5.88 Å². The molecular formula is C18H15BrN2O3. The summed E-state index contributed by atoms with van der Waals surface area (Å²) in [6.07, 6.45) is 0. The summed E-state index contributed by atoms with van der Waals surface area (Å²) in [5.74, 6) is -0.0929. The maximum absolute atomic E-state index is 12.4. The molecule has 0 spiro atoms. The third kappa shape index (κ3) is 3.72. The van der Waals surface area contributed by atoms with Crippen molar-refractivity contribution in [1.29, 1.82) is 0 Å². The van der Waals surface area contributed by atoms with E-state index in [9.17, 15) is 4.79 Å². The van der Waals surface area contributed by atoms with E-state index in [1.54, 1.807) is 42.1 Å². The Bertz CT molecular complexity index is 829. The highest BCUT2D eigenvalue weighted by atomic mass is 79.9. The second-order valence-corrected chi connectivity index (χ2v) is 5.97. The van der Waals surface area contributed by atoms with Crippen LogP contribution in [0.15, 0.2) is 65.1 Å². The van der Waals surface area contributed by atoms with E-state index in [2.05, 4.69) is 21.0 Å². The molecule has 3 aromatic rings. The number of halogens is 1. The van der Waals surface area contributed by atoms with Gasteiger partial charge in [-0.1, -0.05) is 34.1 Å². The van der Waals surface area contributed by atoms with Gasteiger partial charge in [0.05, 0.1) is 23.6 Å². The number of para-hydroxylation sites is 1. The molecule has 1 heterocycles. The lowest BCUT2D eigenvalue weighted by atomic mass is 10.2. The Morgan fingerprint density at radius 1 is 1.12 bits per heavy atom. The molecule has 3 rings (SSSR count). The molecule has 5 nitrogen and oxygen atoms in total. The first-order chi connectivity index (χ1) is 11.7. The summed E-state index contributed by atoms with van der Waals surface area (Å²) in [6.45, 7) is 0.336. The van der Waals surface area contributed by atoms with Crippen LogP contribution in [0.25, 0.3) is 5.69 Å². The lowest BCUT2D eigenvalue weighted by Gasteiger charge is -2.07. The van der Waals surface area contributed by atoms with Crippen LogP contribution in [0.2, 0.25) is 0 Å². The fraction of sp³-hybridized carbons (Fsp3) is 0.111. The number of carbonyl (C=O) groups is 1. The Labute approximate surface area is 148 Å². The van der Waals surface area contributed by atoms with Crippen molar-refractivity contribution in [2.75, 3.05) is 7.11 Å². The Morgan fingerprint density at radius 3 is 2.50 bits per heavy atom. The van der Waals surface area contributed by atoms with Gasteiger partial charge in [-0.3, -0.25) is 0 Å².